The Morgan fingerprint density at radius 2 is 1.79 bits per heavy atom. The van der Waals surface area contributed by atoms with Crippen molar-refractivity contribution in [1.29, 1.82) is 0 Å². The number of benzene rings is 2. The number of anilines is 1. The molecule has 0 saturated carbocycles. The van der Waals surface area contributed by atoms with Gasteiger partial charge in [-0.05, 0) is 37.0 Å². The molecule has 3 rings (SSSR count). The second-order valence-corrected chi connectivity index (χ2v) is 7.15. The molecule has 8 nitrogen and oxygen atoms in total. The van der Waals surface area contributed by atoms with Gasteiger partial charge in [0.25, 0.3) is 5.69 Å². The number of nitro benzene ring substituents is 1. The summed E-state index contributed by atoms with van der Waals surface area (Å²) in [7, 11) is 0. The average Bonchev–Trinajstić information content (AvgIpc) is 2.74. The molecule has 152 valence electrons. The Bertz CT molecular complexity index is 908. The number of amides is 2. The van der Waals surface area contributed by atoms with Crippen LogP contribution in [0.3, 0.4) is 0 Å². The van der Waals surface area contributed by atoms with Crippen molar-refractivity contribution >= 4 is 23.2 Å². The van der Waals surface area contributed by atoms with Crippen molar-refractivity contribution in [1.82, 2.24) is 5.32 Å². The van der Waals surface area contributed by atoms with Crippen LogP contribution in [0.5, 0.6) is 0 Å². The number of hydrogen-bond acceptors (Lipinski definition) is 5. The van der Waals surface area contributed by atoms with Crippen molar-refractivity contribution in [2.45, 2.75) is 25.2 Å². The zero-order chi connectivity index (χ0) is 20.9. The maximum atomic E-state index is 12.4. The lowest BCUT2D eigenvalue weighted by atomic mass is 9.74. The van der Waals surface area contributed by atoms with Gasteiger partial charge < -0.3 is 15.4 Å². The van der Waals surface area contributed by atoms with E-state index < -0.39 is 16.7 Å². The fourth-order valence-corrected chi connectivity index (χ4v) is 3.53. The van der Waals surface area contributed by atoms with Crippen LogP contribution in [0, 0.1) is 17.0 Å². The molecule has 1 fully saturated rings. The van der Waals surface area contributed by atoms with Crippen molar-refractivity contribution in [2.24, 2.45) is 0 Å². The van der Waals surface area contributed by atoms with Crippen LogP contribution in [-0.4, -0.2) is 36.5 Å². The normalized spacial score (nSPS) is 15.3. The summed E-state index contributed by atoms with van der Waals surface area (Å²) in [5, 5.41) is 16.1. The Morgan fingerprint density at radius 3 is 2.41 bits per heavy atom. The van der Waals surface area contributed by atoms with E-state index >= 15 is 0 Å². The number of ether oxygens (including phenoxy) is 1. The third-order valence-electron chi connectivity index (χ3n) is 5.30. The summed E-state index contributed by atoms with van der Waals surface area (Å²) in [6, 6.07) is 14.0. The minimum atomic E-state index is -0.808. The molecule has 1 aliphatic heterocycles. The predicted octanol–water partition coefficient (Wildman–Crippen LogP) is 2.71. The number of hydrogen-bond donors (Lipinski definition) is 2. The van der Waals surface area contributed by atoms with Crippen LogP contribution in [0.2, 0.25) is 0 Å². The van der Waals surface area contributed by atoms with E-state index in [0.717, 1.165) is 18.4 Å². The molecule has 8 heteroatoms. The molecule has 0 spiro atoms. The van der Waals surface area contributed by atoms with Crippen molar-refractivity contribution in [3.05, 3.63) is 69.8 Å². The summed E-state index contributed by atoms with van der Waals surface area (Å²) in [4.78, 5) is 35.0. The molecule has 1 saturated heterocycles. The molecular weight excluding hydrogens is 374 g/mol. The molecule has 2 N–H and O–H groups in total. The third kappa shape index (κ3) is 4.78. The van der Waals surface area contributed by atoms with Gasteiger partial charge in [-0.25, -0.2) is 0 Å². The zero-order valence-corrected chi connectivity index (χ0v) is 16.1. The lowest BCUT2D eigenvalue weighted by Crippen LogP contribution is -2.47. The average molecular weight is 397 g/mol. The van der Waals surface area contributed by atoms with E-state index in [1.54, 1.807) is 6.92 Å². The molecule has 2 aromatic rings. The number of rotatable bonds is 5. The highest BCUT2D eigenvalue weighted by Gasteiger charge is 2.35. The molecule has 0 aliphatic carbocycles. The first-order valence-electron chi connectivity index (χ1n) is 9.39. The van der Waals surface area contributed by atoms with Gasteiger partial charge in [0, 0.05) is 43.0 Å². The van der Waals surface area contributed by atoms with Gasteiger partial charge in [0.1, 0.15) is 0 Å². The fraction of sp³-hybridized carbons (Fsp3) is 0.333. The Balaban J connectivity index is 1.66. The SMILES string of the molecule is Cc1cc([N+](=O)[O-])ccc1NC(=O)C(=O)NCC1(c2ccccc2)CCOCC1. The van der Waals surface area contributed by atoms with E-state index in [2.05, 4.69) is 10.6 Å². The van der Waals surface area contributed by atoms with Crippen LogP contribution in [0.4, 0.5) is 11.4 Å². The first-order chi connectivity index (χ1) is 13.9. The summed E-state index contributed by atoms with van der Waals surface area (Å²) in [6.45, 7) is 3.15. The number of non-ortho nitro benzene ring substituents is 1. The van der Waals surface area contributed by atoms with Gasteiger partial charge in [-0.2, -0.15) is 0 Å². The quantitative estimate of drug-likeness (QED) is 0.458. The van der Waals surface area contributed by atoms with Gasteiger partial charge in [0.05, 0.1) is 4.92 Å². The number of nitrogens with zero attached hydrogens (tertiary/aromatic N) is 1. The predicted molar refractivity (Wildman–Crippen MR) is 108 cm³/mol. The molecule has 1 aliphatic rings. The Kier molecular flexibility index (Phi) is 6.23. The highest BCUT2D eigenvalue weighted by atomic mass is 16.6. The summed E-state index contributed by atoms with van der Waals surface area (Å²) < 4.78 is 5.48. The van der Waals surface area contributed by atoms with Gasteiger partial charge in [-0.3, -0.25) is 19.7 Å². The largest absolute Gasteiger partial charge is 0.381 e. The Labute approximate surface area is 168 Å². The van der Waals surface area contributed by atoms with Crippen LogP contribution < -0.4 is 10.6 Å². The topological polar surface area (TPSA) is 111 Å². The van der Waals surface area contributed by atoms with E-state index in [1.165, 1.54) is 18.2 Å². The number of nitro groups is 1. The van der Waals surface area contributed by atoms with E-state index in [1.807, 2.05) is 30.3 Å². The van der Waals surface area contributed by atoms with Gasteiger partial charge in [0.15, 0.2) is 0 Å². The molecule has 1 heterocycles. The summed E-state index contributed by atoms with van der Waals surface area (Å²) in [5.74, 6) is -1.55. The second kappa shape index (κ2) is 8.83. The fourth-order valence-electron chi connectivity index (χ4n) is 3.53. The van der Waals surface area contributed by atoms with E-state index in [4.69, 9.17) is 4.74 Å². The first kappa shape index (κ1) is 20.5. The molecule has 0 aromatic heterocycles. The second-order valence-electron chi connectivity index (χ2n) is 7.15. The maximum Gasteiger partial charge on any atom is 0.313 e. The van der Waals surface area contributed by atoms with Crippen LogP contribution in [0.1, 0.15) is 24.0 Å². The van der Waals surface area contributed by atoms with Crippen LogP contribution in [-0.2, 0) is 19.7 Å². The van der Waals surface area contributed by atoms with E-state index in [0.29, 0.717) is 31.0 Å². The Hall–Kier alpha value is -3.26. The van der Waals surface area contributed by atoms with Crippen LogP contribution in [0.25, 0.3) is 0 Å². The summed E-state index contributed by atoms with van der Waals surface area (Å²) in [6.07, 6.45) is 1.50. The van der Waals surface area contributed by atoms with Crippen molar-refractivity contribution in [3.63, 3.8) is 0 Å². The highest BCUT2D eigenvalue weighted by molar-refractivity contribution is 6.39. The van der Waals surface area contributed by atoms with Gasteiger partial charge in [0.2, 0.25) is 0 Å². The minimum absolute atomic E-state index is 0.0747. The number of carbonyl (C=O) groups excluding carboxylic acids is 2. The van der Waals surface area contributed by atoms with Crippen molar-refractivity contribution < 1.29 is 19.2 Å². The smallest absolute Gasteiger partial charge is 0.313 e. The molecule has 0 unspecified atom stereocenters. The highest BCUT2D eigenvalue weighted by Crippen LogP contribution is 2.34. The third-order valence-corrected chi connectivity index (χ3v) is 5.30. The van der Waals surface area contributed by atoms with Crippen molar-refractivity contribution in [2.75, 3.05) is 25.1 Å². The summed E-state index contributed by atoms with van der Waals surface area (Å²) >= 11 is 0. The van der Waals surface area contributed by atoms with Gasteiger partial charge in [-0.1, -0.05) is 30.3 Å². The minimum Gasteiger partial charge on any atom is -0.381 e. The lowest BCUT2D eigenvalue weighted by Gasteiger charge is -2.37. The number of carbonyl (C=O) groups is 2. The number of nitrogens with one attached hydrogen (secondary N) is 2. The van der Waals surface area contributed by atoms with Gasteiger partial charge >= 0.3 is 11.8 Å². The number of aryl methyl sites for hydroxylation is 1. The van der Waals surface area contributed by atoms with E-state index in [9.17, 15) is 19.7 Å². The molecular formula is C21H23N3O5. The standard InChI is InChI=1S/C21H23N3O5/c1-15-13-17(24(27)28)7-8-18(15)23-20(26)19(25)22-14-21(9-11-29-12-10-21)16-5-3-2-4-6-16/h2-8,13H,9-12,14H2,1H3,(H,22,25)(H,23,26). The first-order valence-corrected chi connectivity index (χ1v) is 9.39. The summed E-state index contributed by atoms with van der Waals surface area (Å²) in [5.41, 5.74) is 1.62. The van der Waals surface area contributed by atoms with Crippen molar-refractivity contribution in [3.8, 4) is 0 Å². The monoisotopic (exact) mass is 397 g/mol. The van der Waals surface area contributed by atoms with Crippen LogP contribution in [0.15, 0.2) is 48.5 Å². The molecule has 0 bridgehead atoms. The molecule has 2 amide bonds. The molecule has 29 heavy (non-hydrogen) atoms. The van der Waals surface area contributed by atoms with Crippen LogP contribution >= 0.6 is 0 Å². The molecule has 0 radical (unpaired) electrons. The van der Waals surface area contributed by atoms with Gasteiger partial charge in [-0.15, -0.1) is 0 Å². The molecule has 0 atom stereocenters. The molecule has 2 aromatic carbocycles. The zero-order valence-electron chi connectivity index (χ0n) is 16.1. The maximum absolute atomic E-state index is 12.4. The Morgan fingerprint density at radius 1 is 1.10 bits per heavy atom. The van der Waals surface area contributed by atoms with E-state index in [-0.39, 0.29) is 11.1 Å². The lowest BCUT2D eigenvalue weighted by molar-refractivity contribution is -0.384.